The molecule has 0 unspecified atom stereocenters. The Bertz CT molecular complexity index is 276. The number of hydrogen-bond donors (Lipinski definition) is 0. The van der Waals surface area contributed by atoms with Crippen molar-refractivity contribution in [3.63, 3.8) is 0 Å². The lowest BCUT2D eigenvalue weighted by Gasteiger charge is -2.17. The summed E-state index contributed by atoms with van der Waals surface area (Å²) in [5.74, 6) is 0. The van der Waals surface area contributed by atoms with E-state index in [9.17, 15) is 4.79 Å². The summed E-state index contributed by atoms with van der Waals surface area (Å²) in [6.07, 6.45) is 5.59. The zero-order chi connectivity index (χ0) is 11.5. The van der Waals surface area contributed by atoms with Crippen molar-refractivity contribution in [3.8, 4) is 0 Å². The van der Waals surface area contributed by atoms with Crippen LogP contribution in [0.1, 0.15) is 20.8 Å². The SMILES string of the molecule is C=C[C@H]1COC(=O)N1C/C=C/C(C)(C)C. The Balaban J connectivity index is 2.53. The van der Waals surface area contributed by atoms with E-state index in [2.05, 4.69) is 33.4 Å². The summed E-state index contributed by atoms with van der Waals surface area (Å²) in [6, 6.07) is 0.0159. The molecule has 0 aromatic rings. The molecule has 84 valence electrons. The molecule has 15 heavy (non-hydrogen) atoms. The number of amides is 1. The normalized spacial score (nSPS) is 22.2. The highest BCUT2D eigenvalue weighted by molar-refractivity contribution is 5.70. The molecular weight excluding hydrogens is 190 g/mol. The summed E-state index contributed by atoms with van der Waals surface area (Å²) in [6.45, 7) is 11.1. The van der Waals surface area contributed by atoms with Crippen LogP contribution in [-0.2, 0) is 4.74 Å². The molecule has 3 nitrogen and oxygen atoms in total. The van der Waals surface area contributed by atoms with Crippen LogP contribution in [0.3, 0.4) is 0 Å². The number of allylic oxidation sites excluding steroid dienone is 1. The molecule has 0 bridgehead atoms. The predicted octanol–water partition coefficient (Wildman–Crippen LogP) is 2.60. The van der Waals surface area contributed by atoms with Gasteiger partial charge in [-0.15, -0.1) is 6.58 Å². The van der Waals surface area contributed by atoms with Crippen LogP contribution in [0.25, 0.3) is 0 Å². The highest BCUT2D eigenvalue weighted by atomic mass is 16.6. The fourth-order valence-corrected chi connectivity index (χ4v) is 1.39. The average Bonchev–Trinajstić information content (AvgIpc) is 2.46. The Labute approximate surface area is 91.4 Å². The molecule has 0 radical (unpaired) electrons. The Hall–Kier alpha value is -1.25. The molecule has 1 rings (SSSR count). The first-order valence-corrected chi connectivity index (χ1v) is 5.18. The summed E-state index contributed by atoms with van der Waals surface area (Å²) < 4.78 is 4.93. The van der Waals surface area contributed by atoms with Crippen molar-refractivity contribution in [1.29, 1.82) is 0 Å². The van der Waals surface area contributed by atoms with Crippen LogP contribution >= 0.6 is 0 Å². The van der Waals surface area contributed by atoms with Gasteiger partial charge in [0.05, 0.1) is 6.04 Å². The number of ether oxygens (including phenoxy) is 1. The molecule has 0 N–H and O–H groups in total. The van der Waals surface area contributed by atoms with E-state index in [1.807, 2.05) is 6.08 Å². The number of carbonyl (C=O) groups excluding carboxylic acids is 1. The molecule has 1 amide bonds. The van der Waals surface area contributed by atoms with E-state index in [1.165, 1.54) is 0 Å². The van der Waals surface area contributed by atoms with Crippen LogP contribution in [0.15, 0.2) is 24.8 Å². The molecule has 1 aliphatic heterocycles. The number of rotatable bonds is 3. The van der Waals surface area contributed by atoms with Crippen LogP contribution in [0.2, 0.25) is 0 Å². The van der Waals surface area contributed by atoms with E-state index in [1.54, 1.807) is 11.0 Å². The second-order valence-electron chi connectivity index (χ2n) is 4.80. The summed E-state index contributed by atoms with van der Waals surface area (Å²) in [7, 11) is 0. The van der Waals surface area contributed by atoms with E-state index in [-0.39, 0.29) is 17.6 Å². The molecule has 0 aromatic carbocycles. The zero-order valence-corrected chi connectivity index (χ0v) is 9.69. The lowest BCUT2D eigenvalue weighted by atomic mass is 9.96. The van der Waals surface area contributed by atoms with E-state index >= 15 is 0 Å². The first-order chi connectivity index (χ1) is 6.94. The van der Waals surface area contributed by atoms with E-state index in [4.69, 9.17) is 4.74 Å². The summed E-state index contributed by atoms with van der Waals surface area (Å²) in [4.78, 5) is 13.0. The van der Waals surface area contributed by atoms with Gasteiger partial charge >= 0.3 is 6.09 Å². The van der Waals surface area contributed by atoms with Gasteiger partial charge < -0.3 is 4.74 Å². The van der Waals surface area contributed by atoms with Gasteiger partial charge in [-0.2, -0.15) is 0 Å². The van der Waals surface area contributed by atoms with Gasteiger partial charge in [0.25, 0.3) is 0 Å². The van der Waals surface area contributed by atoms with Crippen molar-refractivity contribution in [3.05, 3.63) is 24.8 Å². The maximum absolute atomic E-state index is 11.3. The largest absolute Gasteiger partial charge is 0.447 e. The molecule has 0 aliphatic carbocycles. The van der Waals surface area contributed by atoms with Crippen molar-refractivity contribution >= 4 is 6.09 Å². The van der Waals surface area contributed by atoms with Crippen LogP contribution in [0.4, 0.5) is 4.79 Å². The predicted molar refractivity (Wildman–Crippen MR) is 60.6 cm³/mol. The van der Waals surface area contributed by atoms with Gasteiger partial charge in [-0.3, -0.25) is 4.90 Å². The average molecular weight is 209 g/mol. The maximum Gasteiger partial charge on any atom is 0.410 e. The van der Waals surface area contributed by atoms with Gasteiger partial charge in [-0.05, 0) is 5.41 Å². The zero-order valence-electron chi connectivity index (χ0n) is 9.69. The number of nitrogens with zero attached hydrogens (tertiary/aromatic N) is 1. The summed E-state index contributed by atoms with van der Waals surface area (Å²) >= 11 is 0. The van der Waals surface area contributed by atoms with Crippen LogP contribution in [0.5, 0.6) is 0 Å². The Kier molecular flexibility index (Phi) is 3.56. The molecule has 0 saturated carbocycles. The molecule has 1 aliphatic rings. The molecule has 1 atom stereocenters. The maximum atomic E-state index is 11.3. The first kappa shape index (κ1) is 11.8. The van der Waals surface area contributed by atoms with Gasteiger partial charge in [0.1, 0.15) is 6.61 Å². The van der Waals surface area contributed by atoms with Gasteiger partial charge in [0.2, 0.25) is 0 Å². The van der Waals surface area contributed by atoms with Crippen LogP contribution in [0, 0.1) is 5.41 Å². The molecule has 0 spiro atoms. The Morgan fingerprint density at radius 2 is 2.27 bits per heavy atom. The van der Waals surface area contributed by atoms with Crippen molar-refractivity contribution in [2.45, 2.75) is 26.8 Å². The van der Waals surface area contributed by atoms with Crippen molar-refractivity contribution in [1.82, 2.24) is 4.90 Å². The van der Waals surface area contributed by atoms with Gasteiger partial charge in [-0.25, -0.2) is 4.79 Å². The standard InChI is InChI=1S/C12H19NO2/c1-5-10-9-15-11(14)13(10)8-6-7-12(2,3)4/h5-7,10H,1,8-9H2,2-4H3/b7-6+/t10-/m0/s1. The van der Waals surface area contributed by atoms with E-state index in [0.29, 0.717) is 13.2 Å². The van der Waals surface area contributed by atoms with Gasteiger partial charge in [0.15, 0.2) is 0 Å². The third-order valence-electron chi connectivity index (χ3n) is 2.20. The number of cyclic esters (lactones) is 1. The van der Waals surface area contributed by atoms with E-state index < -0.39 is 0 Å². The van der Waals surface area contributed by atoms with Crippen LogP contribution < -0.4 is 0 Å². The minimum absolute atomic E-state index is 0.0159. The third kappa shape index (κ3) is 3.42. The quantitative estimate of drug-likeness (QED) is 0.669. The van der Waals surface area contributed by atoms with Crippen molar-refractivity contribution < 1.29 is 9.53 Å². The molecule has 1 saturated heterocycles. The van der Waals surface area contributed by atoms with Gasteiger partial charge in [0, 0.05) is 6.54 Å². The third-order valence-corrected chi connectivity index (χ3v) is 2.20. The lowest BCUT2D eigenvalue weighted by molar-refractivity contribution is 0.160. The molecule has 3 heteroatoms. The summed E-state index contributed by atoms with van der Waals surface area (Å²) in [5, 5.41) is 0. The monoisotopic (exact) mass is 209 g/mol. The lowest BCUT2D eigenvalue weighted by Crippen LogP contribution is -2.32. The topological polar surface area (TPSA) is 29.5 Å². The second kappa shape index (κ2) is 4.51. The second-order valence-corrected chi connectivity index (χ2v) is 4.80. The fraction of sp³-hybridized carbons (Fsp3) is 0.583. The van der Waals surface area contributed by atoms with Crippen molar-refractivity contribution in [2.24, 2.45) is 5.41 Å². The molecule has 1 heterocycles. The Morgan fingerprint density at radius 1 is 1.60 bits per heavy atom. The molecule has 1 fully saturated rings. The van der Waals surface area contributed by atoms with Crippen LogP contribution in [-0.4, -0.2) is 30.2 Å². The van der Waals surface area contributed by atoms with Crippen molar-refractivity contribution in [2.75, 3.05) is 13.2 Å². The number of carbonyl (C=O) groups is 1. The highest BCUT2D eigenvalue weighted by Gasteiger charge is 2.29. The first-order valence-electron chi connectivity index (χ1n) is 5.18. The molecule has 0 aromatic heterocycles. The van der Waals surface area contributed by atoms with Gasteiger partial charge in [-0.1, -0.05) is 39.0 Å². The molecular formula is C12H19NO2. The smallest absolute Gasteiger partial charge is 0.410 e. The number of hydrogen-bond acceptors (Lipinski definition) is 2. The minimum atomic E-state index is -0.251. The minimum Gasteiger partial charge on any atom is -0.447 e. The Morgan fingerprint density at radius 3 is 2.80 bits per heavy atom. The van der Waals surface area contributed by atoms with E-state index in [0.717, 1.165) is 0 Å². The summed E-state index contributed by atoms with van der Waals surface area (Å²) in [5.41, 5.74) is 0.146. The highest BCUT2D eigenvalue weighted by Crippen LogP contribution is 2.16. The fourth-order valence-electron chi connectivity index (χ4n) is 1.39.